The smallest absolute Gasteiger partial charge is 0.225 e. The quantitative estimate of drug-likeness (QED) is 0.751. The minimum atomic E-state index is 0.187. The predicted molar refractivity (Wildman–Crippen MR) is 72.8 cm³/mol. The molecule has 0 aromatic carbocycles. The summed E-state index contributed by atoms with van der Waals surface area (Å²) in [5, 5.41) is 8.70. The minimum Gasteiger partial charge on any atom is -0.343 e. The van der Waals surface area contributed by atoms with Gasteiger partial charge in [-0.3, -0.25) is 4.79 Å². The zero-order valence-electron chi connectivity index (χ0n) is 12.0. The summed E-state index contributed by atoms with van der Waals surface area (Å²) in [4.78, 5) is 14.3. The average molecular weight is 250 g/mol. The van der Waals surface area contributed by atoms with Gasteiger partial charge in [-0.1, -0.05) is 13.8 Å². The van der Waals surface area contributed by atoms with E-state index >= 15 is 0 Å². The molecule has 1 saturated carbocycles. The molecule has 0 spiro atoms. The summed E-state index contributed by atoms with van der Waals surface area (Å²) in [7, 11) is 1.95. The Balaban J connectivity index is 2.47. The van der Waals surface area contributed by atoms with Crippen LogP contribution in [0.3, 0.4) is 0 Å². The van der Waals surface area contributed by atoms with E-state index in [0.29, 0.717) is 24.3 Å². The van der Waals surface area contributed by atoms with Crippen LogP contribution in [0.1, 0.15) is 58.8 Å². The van der Waals surface area contributed by atoms with Gasteiger partial charge in [-0.2, -0.15) is 5.26 Å². The number of carbonyl (C=O) groups excluding carboxylic acids is 1. The molecule has 0 radical (unpaired) electrons. The van der Waals surface area contributed by atoms with Gasteiger partial charge in [0.15, 0.2) is 0 Å². The van der Waals surface area contributed by atoms with E-state index in [0.717, 1.165) is 38.5 Å². The molecular formula is C15H26N2O. The van der Waals surface area contributed by atoms with Crippen molar-refractivity contribution in [2.75, 3.05) is 7.05 Å². The van der Waals surface area contributed by atoms with Crippen LogP contribution in [0.25, 0.3) is 0 Å². The molecule has 0 aliphatic heterocycles. The zero-order valence-corrected chi connectivity index (χ0v) is 12.0. The molecule has 18 heavy (non-hydrogen) atoms. The van der Waals surface area contributed by atoms with Crippen molar-refractivity contribution >= 4 is 5.91 Å². The molecule has 3 nitrogen and oxygen atoms in total. The summed E-state index contributed by atoms with van der Waals surface area (Å²) in [6, 6.07) is 2.66. The fourth-order valence-corrected chi connectivity index (χ4v) is 2.97. The Morgan fingerprint density at radius 2 is 1.83 bits per heavy atom. The molecule has 102 valence electrons. The Morgan fingerprint density at radius 3 is 2.28 bits per heavy atom. The van der Waals surface area contributed by atoms with Gasteiger partial charge in [0.05, 0.1) is 6.07 Å². The highest BCUT2D eigenvalue weighted by atomic mass is 16.2. The van der Waals surface area contributed by atoms with E-state index in [1.165, 1.54) is 0 Å². The van der Waals surface area contributed by atoms with E-state index in [9.17, 15) is 4.79 Å². The van der Waals surface area contributed by atoms with E-state index in [4.69, 9.17) is 5.26 Å². The van der Waals surface area contributed by atoms with Gasteiger partial charge in [0, 0.05) is 25.4 Å². The van der Waals surface area contributed by atoms with E-state index < -0.39 is 0 Å². The largest absolute Gasteiger partial charge is 0.343 e. The highest BCUT2D eigenvalue weighted by molar-refractivity contribution is 5.78. The lowest BCUT2D eigenvalue weighted by atomic mass is 9.83. The second kappa shape index (κ2) is 7.41. The number of rotatable bonds is 5. The van der Waals surface area contributed by atoms with E-state index in [1.807, 2.05) is 11.9 Å². The van der Waals surface area contributed by atoms with Crippen LogP contribution in [0.5, 0.6) is 0 Å². The fourth-order valence-electron chi connectivity index (χ4n) is 2.97. The lowest BCUT2D eigenvalue weighted by molar-refractivity contribution is -0.137. The van der Waals surface area contributed by atoms with Crippen LogP contribution in [0.2, 0.25) is 0 Å². The Morgan fingerprint density at radius 1 is 1.28 bits per heavy atom. The first-order valence-corrected chi connectivity index (χ1v) is 7.27. The van der Waals surface area contributed by atoms with E-state index in [2.05, 4.69) is 19.9 Å². The molecule has 0 N–H and O–H groups in total. The first-order chi connectivity index (χ1) is 8.63. The molecule has 1 rings (SSSR count). The summed E-state index contributed by atoms with van der Waals surface area (Å²) in [5.41, 5.74) is 0. The molecule has 0 atom stereocenters. The zero-order chi connectivity index (χ0) is 13.5. The number of hydrogen-bond acceptors (Lipinski definition) is 2. The van der Waals surface area contributed by atoms with Crippen molar-refractivity contribution in [3.05, 3.63) is 0 Å². The summed E-state index contributed by atoms with van der Waals surface area (Å²) < 4.78 is 0. The highest BCUT2D eigenvalue weighted by Crippen LogP contribution is 2.29. The predicted octanol–water partition coefficient (Wildman–Crippen LogP) is 3.35. The van der Waals surface area contributed by atoms with Crippen LogP contribution < -0.4 is 0 Å². The molecule has 0 saturated heterocycles. The van der Waals surface area contributed by atoms with Crippen LogP contribution in [-0.2, 0) is 4.79 Å². The van der Waals surface area contributed by atoms with Gasteiger partial charge < -0.3 is 4.90 Å². The Labute approximate surface area is 111 Å². The third-order valence-corrected chi connectivity index (χ3v) is 4.43. The van der Waals surface area contributed by atoms with Crippen LogP contribution in [0.4, 0.5) is 0 Å². The molecule has 3 heteroatoms. The molecule has 1 aliphatic rings. The number of hydrogen-bond donors (Lipinski definition) is 0. The molecule has 0 aromatic rings. The van der Waals surface area contributed by atoms with Crippen LogP contribution in [0, 0.1) is 23.2 Å². The molecule has 0 heterocycles. The number of nitrogens with zero attached hydrogens (tertiary/aromatic N) is 2. The topological polar surface area (TPSA) is 44.1 Å². The number of nitriles is 1. The number of carbonyl (C=O) groups is 1. The molecule has 1 fully saturated rings. The molecule has 1 aliphatic carbocycles. The SMILES string of the molecule is CCC(CC)C(=O)N(C)C1CCC(CC#N)CC1. The van der Waals surface area contributed by atoms with Gasteiger partial charge in [-0.25, -0.2) is 0 Å². The van der Waals surface area contributed by atoms with Gasteiger partial charge in [0.1, 0.15) is 0 Å². The second-order valence-corrected chi connectivity index (χ2v) is 5.50. The van der Waals surface area contributed by atoms with Crippen LogP contribution in [-0.4, -0.2) is 23.9 Å². The fraction of sp³-hybridized carbons (Fsp3) is 0.867. The van der Waals surface area contributed by atoms with Crippen molar-refractivity contribution in [1.29, 1.82) is 5.26 Å². The molecule has 0 bridgehead atoms. The van der Waals surface area contributed by atoms with Crippen molar-refractivity contribution < 1.29 is 4.79 Å². The third kappa shape index (κ3) is 3.73. The second-order valence-electron chi connectivity index (χ2n) is 5.50. The maximum atomic E-state index is 12.3. The lowest BCUT2D eigenvalue weighted by Crippen LogP contribution is -2.42. The summed E-state index contributed by atoms with van der Waals surface area (Å²) >= 11 is 0. The monoisotopic (exact) mass is 250 g/mol. The maximum Gasteiger partial charge on any atom is 0.225 e. The number of amides is 1. The highest BCUT2D eigenvalue weighted by Gasteiger charge is 2.28. The first kappa shape index (κ1) is 15.0. The van der Waals surface area contributed by atoms with Crippen molar-refractivity contribution in [2.45, 2.75) is 64.8 Å². The molecular weight excluding hydrogens is 224 g/mol. The Hall–Kier alpha value is -1.04. The Bertz CT molecular complexity index is 296. The van der Waals surface area contributed by atoms with Gasteiger partial charge in [-0.15, -0.1) is 0 Å². The maximum absolute atomic E-state index is 12.3. The van der Waals surface area contributed by atoms with Crippen molar-refractivity contribution in [3.8, 4) is 6.07 Å². The normalized spacial score (nSPS) is 23.7. The molecule has 0 unspecified atom stereocenters. The summed E-state index contributed by atoms with van der Waals surface area (Å²) in [6.45, 7) is 4.17. The van der Waals surface area contributed by atoms with Gasteiger partial charge in [0.25, 0.3) is 0 Å². The van der Waals surface area contributed by atoms with E-state index in [1.54, 1.807) is 0 Å². The van der Waals surface area contributed by atoms with Crippen molar-refractivity contribution in [2.24, 2.45) is 11.8 Å². The summed E-state index contributed by atoms with van der Waals surface area (Å²) in [6.07, 6.45) is 6.87. The third-order valence-electron chi connectivity index (χ3n) is 4.43. The summed E-state index contributed by atoms with van der Waals surface area (Å²) in [5.74, 6) is 1.05. The van der Waals surface area contributed by atoms with Gasteiger partial charge >= 0.3 is 0 Å². The van der Waals surface area contributed by atoms with Gasteiger partial charge in [0.2, 0.25) is 5.91 Å². The molecule has 0 aromatic heterocycles. The Kier molecular flexibility index (Phi) is 6.18. The average Bonchev–Trinajstić information content (AvgIpc) is 2.40. The molecule has 1 amide bonds. The first-order valence-electron chi connectivity index (χ1n) is 7.27. The lowest BCUT2D eigenvalue weighted by Gasteiger charge is -2.35. The minimum absolute atomic E-state index is 0.187. The van der Waals surface area contributed by atoms with Gasteiger partial charge in [-0.05, 0) is 44.4 Å². The van der Waals surface area contributed by atoms with Crippen LogP contribution >= 0.6 is 0 Å². The van der Waals surface area contributed by atoms with Crippen molar-refractivity contribution in [1.82, 2.24) is 4.90 Å². The van der Waals surface area contributed by atoms with E-state index in [-0.39, 0.29) is 5.92 Å². The van der Waals surface area contributed by atoms with Crippen molar-refractivity contribution in [3.63, 3.8) is 0 Å². The standard InChI is InChI=1S/C15H26N2O/c1-4-13(5-2)15(18)17(3)14-8-6-12(7-9-14)10-11-16/h12-14H,4-10H2,1-3H3. The van der Waals surface area contributed by atoms with Crippen LogP contribution in [0.15, 0.2) is 0 Å².